The smallest absolute Gasteiger partial charge is 0.254 e. The van der Waals surface area contributed by atoms with Crippen molar-refractivity contribution in [1.29, 1.82) is 0 Å². The first-order chi connectivity index (χ1) is 13.1. The molecule has 2 aromatic rings. The van der Waals surface area contributed by atoms with E-state index >= 15 is 0 Å². The maximum absolute atomic E-state index is 12.8. The molecule has 140 valence electrons. The number of aromatic nitrogens is 1. The summed E-state index contributed by atoms with van der Waals surface area (Å²) in [6.45, 7) is 4.03. The standard InChI is InChI=1S/C21H24N4O2/c1-24-8-10-25(11-9-24)21(27)17-6-7-22-19(12-17)16-4-2-15(3-5-16)18-13-20(26)23-14-18/h2-7,12,18H,8-11,13-14H2,1H3,(H,23,26). The summed E-state index contributed by atoms with van der Waals surface area (Å²) in [5.74, 6) is 0.421. The number of rotatable bonds is 3. The molecule has 27 heavy (non-hydrogen) atoms. The molecule has 6 nitrogen and oxygen atoms in total. The summed E-state index contributed by atoms with van der Waals surface area (Å²) < 4.78 is 0. The molecule has 1 aromatic heterocycles. The summed E-state index contributed by atoms with van der Waals surface area (Å²) in [5.41, 5.74) is 3.60. The van der Waals surface area contributed by atoms with Gasteiger partial charge in [0.25, 0.3) is 5.91 Å². The highest BCUT2D eigenvalue weighted by atomic mass is 16.2. The highest BCUT2D eigenvalue weighted by molar-refractivity contribution is 5.95. The Balaban J connectivity index is 1.50. The quantitative estimate of drug-likeness (QED) is 0.901. The summed E-state index contributed by atoms with van der Waals surface area (Å²) in [5, 5.41) is 2.87. The fraction of sp³-hybridized carbons (Fsp3) is 0.381. The second kappa shape index (κ2) is 7.48. The first-order valence-electron chi connectivity index (χ1n) is 9.41. The number of nitrogens with one attached hydrogen (secondary N) is 1. The van der Waals surface area contributed by atoms with Crippen LogP contribution in [0.15, 0.2) is 42.6 Å². The topological polar surface area (TPSA) is 65.5 Å². The fourth-order valence-electron chi connectivity index (χ4n) is 3.68. The second-order valence-electron chi connectivity index (χ2n) is 7.35. The van der Waals surface area contributed by atoms with E-state index in [0.717, 1.165) is 43.0 Å². The van der Waals surface area contributed by atoms with Crippen LogP contribution in [-0.4, -0.2) is 66.4 Å². The average molecular weight is 364 g/mol. The van der Waals surface area contributed by atoms with Crippen molar-refractivity contribution < 1.29 is 9.59 Å². The van der Waals surface area contributed by atoms with Gasteiger partial charge in [0.2, 0.25) is 5.91 Å². The van der Waals surface area contributed by atoms with Crippen molar-refractivity contribution in [2.24, 2.45) is 0 Å². The molecule has 0 aliphatic carbocycles. The van der Waals surface area contributed by atoms with E-state index in [-0.39, 0.29) is 17.7 Å². The molecule has 2 aliphatic rings. The number of pyridine rings is 1. The van der Waals surface area contributed by atoms with Gasteiger partial charge < -0.3 is 15.1 Å². The van der Waals surface area contributed by atoms with E-state index in [1.165, 1.54) is 0 Å². The number of carbonyl (C=O) groups is 2. The first-order valence-corrected chi connectivity index (χ1v) is 9.41. The van der Waals surface area contributed by atoms with Crippen LogP contribution >= 0.6 is 0 Å². The minimum Gasteiger partial charge on any atom is -0.355 e. The summed E-state index contributed by atoms with van der Waals surface area (Å²) in [7, 11) is 2.08. The Hall–Kier alpha value is -2.73. The molecule has 0 bridgehead atoms. The van der Waals surface area contributed by atoms with E-state index in [4.69, 9.17) is 0 Å². The molecule has 2 amide bonds. The molecule has 2 saturated heterocycles. The van der Waals surface area contributed by atoms with Gasteiger partial charge in [0.1, 0.15) is 0 Å². The Bertz CT molecular complexity index is 842. The Morgan fingerprint density at radius 1 is 1.11 bits per heavy atom. The number of carbonyl (C=O) groups excluding carboxylic acids is 2. The molecule has 2 fully saturated rings. The molecular weight excluding hydrogens is 340 g/mol. The van der Waals surface area contributed by atoms with Crippen molar-refractivity contribution in [1.82, 2.24) is 20.1 Å². The van der Waals surface area contributed by atoms with E-state index in [1.807, 2.05) is 23.1 Å². The lowest BCUT2D eigenvalue weighted by atomic mass is 9.96. The molecule has 1 unspecified atom stereocenters. The van der Waals surface area contributed by atoms with E-state index in [9.17, 15) is 9.59 Å². The van der Waals surface area contributed by atoms with Gasteiger partial charge >= 0.3 is 0 Å². The third kappa shape index (κ3) is 3.85. The Morgan fingerprint density at radius 3 is 2.52 bits per heavy atom. The van der Waals surface area contributed by atoms with Crippen LogP contribution in [0, 0.1) is 0 Å². The van der Waals surface area contributed by atoms with Crippen LogP contribution in [0.4, 0.5) is 0 Å². The zero-order valence-corrected chi connectivity index (χ0v) is 15.5. The number of piperazine rings is 1. The van der Waals surface area contributed by atoms with Gasteiger partial charge in [-0.05, 0) is 24.7 Å². The third-order valence-electron chi connectivity index (χ3n) is 5.45. The summed E-state index contributed by atoms with van der Waals surface area (Å²) in [6.07, 6.45) is 2.25. The van der Waals surface area contributed by atoms with Gasteiger partial charge in [0, 0.05) is 62.4 Å². The Kier molecular flexibility index (Phi) is 4.90. The second-order valence-corrected chi connectivity index (χ2v) is 7.35. The third-order valence-corrected chi connectivity index (χ3v) is 5.45. The molecule has 2 aliphatic heterocycles. The molecule has 0 radical (unpaired) electrons. The van der Waals surface area contributed by atoms with Crippen molar-refractivity contribution in [2.45, 2.75) is 12.3 Å². The van der Waals surface area contributed by atoms with Crippen LogP contribution in [0.5, 0.6) is 0 Å². The monoisotopic (exact) mass is 364 g/mol. The minimum atomic E-state index is 0.0684. The van der Waals surface area contributed by atoms with Crippen molar-refractivity contribution >= 4 is 11.8 Å². The molecule has 1 N–H and O–H groups in total. The van der Waals surface area contributed by atoms with Gasteiger partial charge in [0.15, 0.2) is 0 Å². The van der Waals surface area contributed by atoms with Crippen molar-refractivity contribution in [3.05, 3.63) is 53.7 Å². The molecule has 3 heterocycles. The lowest BCUT2D eigenvalue weighted by Crippen LogP contribution is -2.47. The molecule has 6 heteroatoms. The minimum absolute atomic E-state index is 0.0684. The van der Waals surface area contributed by atoms with Crippen LogP contribution in [0.2, 0.25) is 0 Å². The number of hydrogen-bond acceptors (Lipinski definition) is 4. The lowest BCUT2D eigenvalue weighted by Gasteiger charge is -2.32. The highest BCUT2D eigenvalue weighted by Crippen LogP contribution is 2.26. The van der Waals surface area contributed by atoms with Gasteiger partial charge in [-0.25, -0.2) is 0 Å². The fourth-order valence-corrected chi connectivity index (χ4v) is 3.68. The average Bonchev–Trinajstić information content (AvgIpc) is 3.15. The molecule has 4 rings (SSSR count). The van der Waals surface area contributed by atoms with Gasteiger partial charge in [0.05, 0.1) is 5.69 Å². The number of amides is 2. The Labute approximate surface area is 159 Å². The number of nitrogens with zero attached hydrogens (tertiary/aromatic N) is 3. The predicted molar refractivity (Wildman–Crippen MR) is 103 cm³/mol. The van der Waals surface area contributed by atoms with E-state index in [2.05, 4.69) is 34.4 Å². The molecule has 1 atom stereocenters. The van der Waals surface area contributed by atoms with Gasteiger partial charge in [-0.3, -0.25) is 14.6 Å². The molecule has 0 saturated carbocycles. The van der Waals surface area contributed by atoms with Crippen LogP contribution in [0.3, 0.4) is 0 Å². The van der Waals surface area contributed by atoms with Crippen molar-refractivity contribution in [3.8, 4) is 11.3 Å². The van der Waals surface area contributed by atoms with E-state index in [0.29, 0.717) is 18.5 Å². The van der Waals surface area contributed by atoms with Gasteiger partial charge in [-0.1, -0.05) is 24.3 Å². The molecule has 1 aromatic carbocycles. The largest absolute Gasteiger partial charge is 0.355 e. The SMILES string of the molecule is CN1CCN(C(=O)c2ccnc(-c3ccc(C4CNC(=O)C4)cc3)c2)CC1. The first kappa shape index (κ1) is 17.7. The summed E-state index contributed by atoms with van der Waals surface area (Å²) in [4.78, 5) is 32.8. The molecular formula is C21H24N4O2. The number of hydrogen-bond donors (Lipinski definition) is 1. The van der Waals surface area contributed by atoms with E-state index < -0.39 is 0 Å². The molecule has 0 spiro atoms. The zero-order chi connectivity index (χ0) is 18.8. The van der Waals surface area contributed by atoms with Gasteiger partial charge in [-0.15, -0.1) is 0 Å². The normalized spacial score (nSPS) is 20.6. The highest BCUT2D eigenvalue weighted by Gasteiger charge is 2.23. The van der Waals surface area contributed by atoms with Crippen LogP contribution in [-0.2, 0) is 4.79 Å². The predicted octanol–water partition coefficient (Wildman–Crippen LogP) is 1.74. The van der Waals surface area contributed by atoms with E-state index in [1.54, 1.807) is 12.3 Å². The maximum Gasteiger partial charge on any atom is 0.254 e. The Morgan fingerprint density at radius 2 is 1.85 bits per heavy atom. The summed E-state index contributed by atoms with van der Waals surface area (Å²) in [6, 6.07) is 11.8. The van der Waals surface area contributed by atoms with Crippen LogP contribution in [0.1, 0.15) is 28.3 Å². The van der Waals surface area contributed by atoms with Crippen LogP contribution < -0.4 is 5.32 Å². The van der Waals surface area contributed by atoms with Crippen molar-refractivity contribution in [2.75, 3.05) is 39.8 Å². The lowest BCUT2D eigenvalue weighted by molar-refractivity contribution is -0.119. The zero-order valence-electron chi connectivity index (χ0n) is 15.5. The van der Waals surface area contributed by atoms with Crippen LogP contribution in [0.25, 0.3) is 11.3 Å². The maximum atomic E-state index is 12.8. The number of likely N-dealkylation sites (N-methyl/N-ethyl adjacent to an activating group) is 1. The van der Waals surface area contributed by atoms with Gasteiger partial charge in [-0.2, -0.15) is 0 Å². The summed E-state index contributed by atoms with van der Waals surface area (Å²) >= 11 is 0. The van der Waals surface area contributed by atoms with Crippen molar-refractivity contribution in [3.63, 3.8) is 0 Å². The number of benzene rings is 1.